The first kappa shape index (κ1) is 15.1. The third-order valence-corrected chi connectivity index (χ3v) is 1.89. The van der Waals surface area contributed by atoms with Gasteiger partial charge in [0.25, 0.3) is 0 Å². The molecule has 0 atom stereocenters. The van der Waals surface area contributed by atoms with Gasteiger partial charge in [-0.15, -0.1) is 0 Å². The Labute approximate surface area is 99.3 Å². The van der Waals surface area contributed by atoms with Crippen LogP contribution in [0.5, 0.6) is 0 Å². The fourth-order valence-electron chi connectivity index (χ4n) is 1.15. The van der Waals surface area contributed by atoms with Gasteiger partial charge in [0.2, 0.25) is 0 Å². The van der Waals surface area contributed by atoms with Crippen LogP contribution in [-0.2, 0) is 6.54 Å². The first-order chi connectivity index (χ1) is 7.56. The van der Waals surface area contributed by atoms with Gasteiger partial charge < -0.3 is 14.9 Å². The monoisotopic (exact) mass is 224 g/mol. The minimum Gasteiger partial charge on any atom is -0.395 e. The number of rotatable bonds is 4. The van der Waals surface area contributed by atoms with Crippen LogP contribution in [0.4, 0.5) is 0 Å². The molecule has 1 N–H and O–H groups in total. The maximum Gasteiger partial charge on any atom is 0.0558 e. The zero-order valence-electron chi connectivity index (χ0n) is 10.8. The van der Waals surface area contributed by atoms with E-state index in [4.69, 9.17) is 5.11 Å². The molecule has 92 valence electrons. The van der Waals surface area contributed by atoms with E-state index in [0.29, 0.717) is 0 Å². The molecule has 0 saturated heterocycles. The smallest absolute Gasteiger partial charge is 0.0558 e. The molecule has 0 aromatic heterocycles. The lowest BCUT2D eigenvalue weighted by molar-refractivity contribution is 0.243. The van der Waals surface area contributed by atoms with Crippen LogP contribution in [0.15, 0.2) is 30.3 Å². The Hall–Kier alpha value is -0.900. The second-order valence-electron chi connectivity index (χ2n) is 4.25. The number of aliphatic hydroxyl groups is 1. The van der Waals surface area contributed by atoms with Gasteiger partial charge in [-0.1, -0.05) is 30.3 Å². The second-order valence-corrected chi connectivity index (χ2v) is 4.25. The van der Waals surface area contributed by atoms with Gasteiger partial charge in [-0.25, -0.2) is 0 Å². The van der Waals surface area contributed by atoms with Crippen molar-refractivity contribution >= 4 is 0 Å². The third kappa shape index (κ3) is 9.65. The zero-order chi connectivity index (χ0) is 12.4. The van der Waals surface area contributed by atoms with Gasteiger partial charge in [0.1, 0.15) is 0 Å². The van der Waals surface area contributed by atoms with Crippen molar-refractivity contribution in [1.82, 2.24) is 9.80 Å². The van der Waals surface area contributed by atoms with Crippen molar-refractivity contribution in [3.8, 4) is 0 Å². The van der Waals surface area contributed by atoms with Crippen molar-refractivity contribution in [2.24, 2.45) is 0 Å². The average Bonchev–Trinajstić information content (AvgIpc) is 2.18. The van der Waals surface area contributed by atoms with E-state index in [1.54, 1.807) is 0 Å². The van der Waals surface area contributed by atoms with E-state index < -0.39 is 0 Å². The zero-order valence-corrected chi connectivity index (χ0v) is 10.8. The maximum atomic E-state index is 8.20. The first-order valence-corrected chi connectivity index (χ1v) is 5.50. The van der Waals surface area contributed by atoms with Crippen LogP contribution in [0.25, 0.3) is 0 Å². The number of aliphatic hydroxyl groups excluding tert-OH is 1. The van der Waals surface area contributed by atoms with E-state index in [0.717, 1.165) is 13.1 Å². The van der Waals surface area contributed by atoms with Crippen molar-refractivity contribution in [3.63, 3.8) is 0 Å². The van der Waals surface area contributed by atoms with Gasteiger partial charge in [-0.05, 0) is 33.8 Å². The summed E-state index contributed by atoms with van der Waals surface area (Å²) in [6.07, 6.45) is 0. The summed E-state index contributed by atoms with van der Waals surface area (Å²) in [6, 6.07) is 10.5. The van der Waals surface area contributed by atoms with Crippen LogP contribution in [0.3, 0.4) is 0 Å². The Balaban J connectivity index is 0.000000325. The minimum absolute atomic E-state index is 0.257. The van der Waals surface area contributed by atoms with Gasteiger partial charge in [-0.2, -0.15) is 0 Å². The molecule has 16 heavy (non-hydrogen) atoms. The van der Waals surface area contributed by atoms with Crippen LogP contribution < -0.4 is 0 Å². The predicted octanol–water partition coefficient (Wildman–Crippen LogP) is 1.29. The minimum atomic E-state index is 0.257. The summed E-state index contributed by atoms with van der Waals surface area (Å²) in [5.41, 5.74) is 1.37. The van der Waals surface area contributed by atoms with Crippen LogP contribution >= 0.6 is 0 Å². The summed E-state index contributed by atoms with van der Waals surface area (Å²) in [5.74, 6) is 0. The van der Waals surface area contributed by atoms with Gasteiger partial charge >= 0.3 is 0 Å². The maximum absolute atomic E-state index is 8.20. The van der Waals surface area contributed by atoms with E-state index in [9.17, 15) is 0 Å². The molecule has 0 bridgehead atoms. The molecule has 1 aromatic carbocycles. The molecule has 0 radical (unpaired) electrons. The molecule has 0 amide bonds. The highest BCUT2D eigenvalue weighted by Gasteiger charge is 1.90. The molecule has 0 aliphatic rings. The molecular weight excluding hydrogens is 200 g/mol. The third-order valence-electron chi connectivity index (χ3n) is 1.89. The second kappa shape index (κ2) is 9.33. The molecule has 0 aliphatic heterocycles. The highest BCUT2D eigenvalue weighted by Crippen LogP contribution is 1.99. The number of nitrogens with zero attached hydrogens (tertiary/aromatic N) is 2. The van der Waals surface area contributed by atoms with Crippen molar-refractivity contribution in [2.45, 2.75) is 6.54 Å². The standard InChI is InChI=1S/C9H13N.C4H11NO/c1-10(2)8-9-6-4-3-5-7-9;1-5(2)3-4-6/h3-7H,8H2,1-2H3;6H,3-4H2,1-2H3. The fraction of sp³-hybridized carbons (Fsp3) is 0.538. The Morgan fingerprint density at radius 2 is 1.50 bits per heavy atom. The van der Waals surface area contributed by atoms with Crippen LogP contribution in [0.1, 0.15) is 5.56 Å². The van der Waals surface area contributed by atoms with Crippen molar-refractivity contribution in [1.29, 1.82) is 0 Å². The Kier molecular flexibility index (Phi) is 8.81. The normalized spacial score (nSPS) is 10.2. The number of hydrogen-bond donors (Lipinski definition) is 1. The fourth-order valence-corrected chi connectivity index (χ4v) is 1.15. The number of hydrogen-bond acceptors (Lipinski definition) is 3. The Morgan fingerprint density at radius 1 is 0.938 bits per heavy atom. The van der Waals surface area contributed by atoms with Gasteiger partial charge in [0.05, 0.1) is 6.61 Å². The molecule has 3 heteroatoms. The summed E-state index contributed by atoms with van der Waals surface area (Å²) >= 11 is 0. The summed E-state index contributed by atoms with van der Waals surface area (Å²) in [7, 11) is 8.01. The Bertz CT molecular complexity index is 247. The van der Waals surface area contributed by atoms with E-state index in [1.165, 1.54) is 5.56 Å². The van der Waals surface area contributed by atoms with Gasteiger partial charge in [0.15, 0.2) is 0 Å². The SMILES string of the molecule is CN(C)CCO.CN(C)Cc1ccccc1. The summed E-state index contributed by atoms with van der Waals surface area (Å²) in [5, 5.41) is 8.20. The number of benzene rings is 1. The molecule has 0 unspecified atom stereocenters. The molecular formula is C13H24N2O. The molecule has 1 rings (SSSR count). The van der Waals surface area contributed by atoms with Gasteiger partial charge in [0, 0.05) is 13.1 Å². The van der Waals surface area contributed by atoms with E-state index in [2.05, 4.69) is 43.3 Å². The molecule has 0 spiro atoms. The summed E-state index contributed by atoms with van der Waals surface area (Å²) in [6.45, 7) is 2.05. The highest BCUT2D eigenvalue weighted by atomic mass is 16.3. The van der Waals surface area contributed by atoms with Crippen LogP contribution in [-0.4, -0.2) is 56.2 Å². The Morgan fingerprint density at radius 3 is 1.81 bits per heavy atom. The molecule has 0 heterocycles. The molecule has 0 fully saturated rings. The molecule has 0 saturated carbocycles. The lowest BCUT2D eigenvalue weighted by Gasteiger charge is -2.08. The first-order valence-electron chi connectivity index (χ1n) is 5.50. The van der Waals surface area contributed by atoms with E-state index >= 15 is 0 Å². The topological polar surface area (TPSA) is 26.7 Å². The van der Waals surface area contributed by atoms with Crippen molar-refractivity contribution in [3.05, 3.63) is 35.9 Å². The lowest BCUT2D eigenvalue weighted by Crippen LogP contribution is -2.15. The van der Waals surface area contributed by atoms with E-state index in [-0.39, 0.29) is 6.61 Å². The van der Waals surface area contributed by atoms with Gasteiger partial charge in [-0.3, -0.25) is 0 Å². The number of likely N-dealkylation sites (N-methyl/N-ethyl adjacent to an activating group) is 1. The summed E-state index contributed by atoms with van der Waals surface area (Å²) in [4.78, 5) is 4.09. The summed E-state index contributed by atoms with van der Waals surface area (Å²) < 4.78 is 0. The van der Waals surface area contributed by atoms with Crippen molar-refractivity contribution in [2.75, 3.05) is 41.3 Å². The van der Waals surface area contributed by atoms with Crippen LogP contribution in [0.2, 0.25) is 0 Å². The molecule has 1 aromatic rings. The molecule has 0 aliphatic carbocycles. The van der Waals surface area contributed by atoms with E-state index in [1.807, 2.05) is 25.1 Å². The average molecular weight is 224 g/mol. The lowest BCUT2D eigenvalue weighted by atomic mass is 10.2. The largest absolute Gasteiger partial charge is 0.395 e. The quantitative estimate of drug-likeness (QED) is 0.835. The predicted molar refractivity (Wildman–Crippen MR) is 69.5 cm³/mol. The molecule has 3 nitrogen and oxygen atoms in total. The van der Waals surface area contributed by atoms with Crippen LogP contribution in [0, 0.1) is 0 Å². The van der Waals surface area contributed by atoms with Crippen molar-refractivity contribution < 1.29 is 5.11 Å². The highest BCUT2D eigenvalue weighted by molar-refractivity contribution is 5.14.